The van der Waals surface area contributed by atoms with Gasteiger partial charge in [-0.25, -0.2) is 18.3 Å². The molecule has 0 radical (unpaired) electrons. The number of imidazole rings is 1. The normalized spacial score (nSPS) is 11.8. The third-order valence-corrected chi connectivity index (χ3v) is 8.90. The second-order valence-electron chi connectivity index (χ2n) is 12.5. The highest BCUT2D eigenvalue weighted by atomic mass is 15.1. The van der Waals surface area contributed by atoms with Crippen LogP contribution >= 0.6 is 0 Å². The van der Waals surface area contributed by atoms with E-state index in [-0.39, 0.29) is 0 Å². The second kappa shape index (κ2) is 14.8. The maximum absolute atomic E-state index is 6.15. The van der Waals surface area contributed by atoms with Gasteiger partial charge in [-0.15, -0.1) is 10.2 Å². The number of nitrogen functional groups attached to an aromatic ring is 4. The molecular formula is C39H41N12+3. The number of hydrogen-bond donors (Lipinski definition) is 4. The molecule has 0 saturated carbocycles. The summed E-state index contributed by atoms with van der Waals surface area (Å²) in [4.78, 5) is 0. The van der Waals surface area contributed by atoms with E-state index >= 15 is 0 Å². The molecule has 3 aromatic heterocycles. The van der Waals surface area contributed by atoms with Crippen LogP contribution in [0.5, 0.6) is 0 Å². The number of aryl methyl sites for hydroxylation is 4. The standard InChI is InChI=1S/C39H39N12/c40-34-25-36(30-7-1-3-9-32(30)38(34)42)46-44-28-11-19-48(20-12-28)15-5-17-50-23-24-51(27-50)18-6-16-49-21-13-29(14-22-49)45-47-37-26-35(41)39(43)33-10-4-2-8-31(33)37/h1-4,7-14,19-27,42-43H,5-6,15-18H2,(H4,40,41,46,47)/q+1/p+2. The van der Waals surface area contributed by atoms with Gasteiger partial charge in [0.25, 0.3) is 0 Å². The number of azo groups is 2. The highest BCUT2D eigenvalue weighted by Crippen LogP contribution is 2.37. The zero-order chi connectivity index (χ0) is 35.2. The number of anilines is 4. The van der Waals surface area contributed by atoms with Gasteiger partial charge in [-0.05, 0) is 12.1 Å². The second-order valence-corrected chi connectivity index (χ2v) is 12.5. The zero-order valence-corrected chi connectivity index (χ0v) is 28.3. The Balaban J connectivity index is 0.857. The third kappa shape index (κ3) is 7.65. The summed E-state index contributed by atoms with van der Waals surface area (Å²) in [6.07, 6.45) is 16.6. The lowest BCUT2D eigenvalue weighted by Crippen LogP contribution is -2.37. The molecule has 0 atom stereocenters. The molecule has 0 bridgehead atoms. The van der Waals surface area contributed by atoms with Gasteiger partial charge < -0.3 is 22.9 Å². The molecule has 7 rings (SSSR count). The lowest BCUT2D eigenvalue weighted by atomic mass is 10.1. The number of nitrogens with two attached hydrogens (primary N) is 4. The van der Waals surface area contributed by atoms with E-state index in [1.54, 1.807) is 12.1 Å². The Hall–Kier alpha value is -6.69. The monoisotopic (exact) mass is 677 g/mol. The van der Waals surface area contributed by atoms with Gasteiger partial charge in [0.2, 0.25) is 6.33 Å². The Kier molecular flexibility index (Phi) is 9.55. The van der Waals surface area contributed by atoms with Crippen molar-refractivity contribution in [3.05, 3.63) is 128 Å². The Labute approximate surface area is 295 Å². The fraction of sp³-hybridized carbons (Fsp3) is 0.154. The van der Waals surface area contributed by atoms with E-state index in [1.807, 2.05) is 97.6 Å². The van der Waals surface area contributed by atoms with Crippen LogP contribution in [-0.2, 0) is 26.2 Å². The van der Waals surface area contributed by atoms with E-state index in [0.717, 1.165) is 71.9 Å². The van der Waals surface area contributed by atoms with Gasteiger partial charge in [0.1, 0.15) is 12.4 Å². The maximum Gasteiger partial charge on any atom is 0.243 e. The molecule has 12 nitrogen and oxygen atoms in total. The molecular weight excluding hydrogens is 637 g/mol. The summed E-state index contributed by atoms with van der Waals surface area (Å²) in [5.41, 5.74) is 29.6. The van der Waals surface area contributed by atoms with Crippen LogP contribution in [0.1, 0.15) is 12.8 Å². The van der Waals surface area contributed by atoms with E-state index in [1.165, 1.54) is 0 Å². The van der Waals surface area contributed by atoms with Crippen molar-refractivity contribution >= 4 is 67.0 Å². The average Bonchev–Trinajstić information content (AvgIpc) is 3.62. The molecule has 0 amide bonds. The summed E-state index contributed by atoms with van der Waals surface area (Å²) in [6.45, 7) is 3.64. The molecule has 0 fully saturated rings. The van der Waals surface area contributed by atoms with Crippen molar-refractivity contribution in [1.29, 1.82) is 0 Å². The fourth-order valence-electron chi connectivity index (χ4n) is 6.09. The first-order valence-electron chi connectivity index (χ1n) is 16.9. The molecule has 0 spiro atoms. The van der Waals surface area contributed by atoms with E-state index < -0.39 is 0 Å². The minimum absolute atomic E-state index is 0.500. The number of aromatic nitrogens is 4. The van der Waals surface area contributed by atoms with Crippen molar-refractivity contribution in [2.45, 2.75) is 39.0 Å². The van der Waals surface area contributed by atoms with Crippen LogP contribution in [0.4, 0.5) is 45.5 Å². The Bertz CT molecular complexity index is 2200. The van der Waals surface area contributed by atoms with Crippen LogP contribution in [0, 0.1) is 0 Å². The van der Waals surface area contributed by atoms with Crippen molar-refractivity contribution in [2.75, 3.05) is 22.9 Å². The van der Waals surface area contributed by atoms with Crippen molar-refractivity contribution in [2.24, 2.45) is 20.5 Å². The van der Waals surface area contributed by atoms with Crippen LogP contribution in [-0.4, -0.2) is 4.57 Å². The summed E-state index contributed by atoms with van der Waals surface area (Å²) in [6, 6.07) is 27.0. The molecule has 4 aromatic carbocycles. The highest BCUT2D eigenvalue weighted by Gasteiger charge is 2.11. The SMILES string of the molecule is Nc1cc(/N=N\c2cc[n+](CCCn3cc[n+](CCC[n+]4ccc(/N=N\c5cc(N)c(N)c6ccccc56)cc4)c3)cc2)c2ccccc2c1N. The maximum atomic E-state index is 6.15. The van der Waals surface area contributed by atoms with Crippen molar-refractivity contribution in [3.63, 3.8) is 0 Å². The zero-order valence-electron chi connectivity index (χ0n) is 28.3. The van der Waals surface area contributed by atoms with Gasteiger partial charge in [0.15, 0.2) is 37.9 Å². The lowest BCUT2D eigenvalue weighted by Gasteiger charge is -2.07. The molecule has 0 unspecified atom stereocenters. The van der Waals surface area contributed by atoms with Gasteiger partial charge in [0, 0.05) is 58.7 Å². The number of pyridine rings is 2. The topological polar surface area (TPSA) is 170 Å². The van der Waals surface area contributed by atoms with Crippen LogP contribution in [0.2, 0.25) is 0 Å². The van der Waals surface area contributed by atoms with E-state index in [4.69, 9.17) is 22.9 Å². The number of fused-ring (bicyclic) bond motifs is 2. The van der Waals surface area contributed by atoms with Crippen molar-refractivity contribution in [1.82, 2.24) is 4.57 Å². The molecule has 7 aromatic rings. The first-order chi connectivity index (χ1) is 24.9. The quantitative estimate of drug-likeness (QED) is 0.0621. The minimum Gasteiger partial charge on any atom is -0.397 e. The molecule has 51 heavy (non-hydrogen) atoms. The van der Waals surface area contributed by atoms with Crippen LogP contribution < -0.4 is 36.6 Å². The molecule has 0 saturated heterocycles. The Morgan fingerprint density at radius 3 is 1.45 bits per heavy atom. The minimum atomic E-state index is 0.500. The van der Waals surface area contributed by atoms with Crippen LogP contribution in [0.3, 0.4) is 0 Å². The van der Waals surface area contributed by atoms with Gasteiger partial charge in [-0.2, -0.15) is 10.2 Å². The Morgan fingerprint density at radius 2 is 0.941 bits per heavy atom. The van der Waals surface area contributed by atoms with Gasteiger partial charge in [0.05, 0.1) is 58.6 Å². The van der Waals surface area contributed by atoms with E-state index in [0.29, 0.717) is 34.1 Å². The summed E-state index contributed by atoms with van der Waals surface area (Å²) in [5, 5.41) is 21.4. The first-order valence-corrected chi connectivity index (χ1v) is 16.9. The predicted octanol–water partition coefficient (Wildman–Crippen LogP) is 7.00. The summed E-state index contributed by atoms with van der Waals surface area (Å²) in [7, 11) is 0. The van der Waals surface area contributed by atoms with Crippen LogP contribution in [0.25, 0.3) is 21.5 Å². The molecule has 0 aliphatic heterocycles. The van der Waals surface area contributed by atoms with Crippen LogP contribution in [0.15, 0.2) is 149 Å². The molecule has 12 heteroatoms. The van der Waals surface area contributed by atoms with Gasteiger partial charge in [-0.3, -0.25) is 0 Å². The fourth-order valence-corrected chi connectivity index (χ4v) is 6.09. The highest BCUT2D eigenvalue weighted by molar-refractivity contribution is 6.05. The number of hydrogen-bond acceptors (Lipinski definition) is 8. The van der Waals surface area contributed by atoms with E-state index in [2.05, 4.69) is 57.4 Å². The van der Waals surface area contributed by atoms with Crippen molar-refractivity contribution in [3.8, 4) is 0 Å². The molecule has 3 heterocycles. The lowest BCUT2D eigenvalue weighted by molar-refractivity contribution is -0.726. The molecule has 0 aliphatic rings. The number of nitrogens with zero attached hydrogens (tertiary/aromatic N) is 8. The molecule has 0 aliphatic carbocycles. The van der Waals surface area contributed by atoms with Crippen molar-refractivity contribution < 1.29 is 13.7 Å². The van der Waals surface area contributed by atoms with Gasteiger partial charge >= 0.3 is 0 Å². The summed E-state index contributed by atoms with van der Waals surface area (Å²) in [5.74, 6) is 0. The summed E-state index contributed by atoms with van der Waals surface area (Å²) >= 11 is 0. The average molecular weight is 678 g/mol. The third-order valence-electron chi connectivity index (χ3n) is 8.90. The van der Waals surface area contributed by atoms with E-state index in [9.17, 15) is 0 Å². The summed E-state index contributed by atoms with van der Waals surface area (Å²) < 4.78 is 8.78. The largest absolute Gasteiger partial charge is 0.397 e. The number of benzene rings is 4. The molecule has 8 N–H and O–H groups in total. The smallest absolute Gasteiger partial charge is 0.243 e. The molecule has 254 valence electrons. The predicted molar refractivity (Wildman–Crippen MR) is 201 cm³/mol. The first kappa shape index (κ1) is 32.8. The number of rotatable bonds is 12. The Morgan fingerprint density at radius 1 is 0.490 bits per heavy atom. The van der Waals surface area contributed by atoms with Gasteiger partial charge in [-0.1, -0.05) is 48.5 Å².